The van der Waals surface area contributed by atoms with E-state index in [0.717, 1.165) is 12.0 Å². The normalized spacial score (nSPS) is 37.1. The Bertz CT molecular complexity index is 3030. The van der Waals surface area contributed by atoms with Crippen LogP contribution in [-0.4, -0.2) is 187 Å². The second-order valence-corrected chi connectivity index (χ2v) is 26.9. The maximum atomic E-state index is 14.3. The van der Waals surface area contributed by atoms with E-state index in [-0.39, 0.29) is 42.7 Å². The lowest BCUT2D eigenvalue weighted by atomic mass is 9.71. The fraction of sp³-hybridized carbons (Fsp3) is 0.592. The van der Waals surface area contributed by atoms with Crippen molar-refractivity contribution >= 4 is 35.2 Å². The molecular formula is C71H95NO18S. The summed E-state index contributed by atoms with van der Waals surface area (Å²) in [6, 6.07) is 17.7. The van der Waals surface area contributed by atoms with E-state index in [1.807, 2.05) is 43.8 Å². The molecule has 2 aromatic rings. The van der Waals surface area contributed by atoms with Crippen LogP contribution in [-0.2, 0) is 61.8 Å². The minimum Gasteiger partial charge on any atom is -0.478 e. The number of carbonyl (C=O) groups is 3. The van der Waals surface area contributed by atoms with Crippen LogP contribution in [0.4, 0.5) is 0 Å². The molecule has 91 heavy (non-hydrogen) atoms. The SMILES string of the molecule is CCC(C)C1OC2(C=CC1C)CC1CC(CC=C(C)C(OC3CC(OC)C(OC4CC(OC)C(O)C(C)O4)C(C)O3)C(C)C=CC=C3COC4C(O)C(C)=CC(C(=O)O1)C34O)O2.CN1CCC(=C2c3ccccc3Sc3ccccc32)CC1.O=C(O)C=CC(=O)O. The van der Waals surface area contributed by atoms with Crippen molar-refractivity contribution in [3.8, 4) is 0 Å². The Labute approximate surface area is 540 Å². The van der Waals surface area contributed by atoms with Gasteiger partial charge in [0.2, 0.25) is 0 Å². The standard InChI is InChI=1S/C48H72O14.C19H19NS.C4H4O4/c1-11-25(2)43-28(5)17-18-47(62-43)23-34-20-33(61-47)16-15-27(4)42(26(3)13-12-14-32-24-55-45-40(49)29(6)19-35(46(51)58-34)48(32,45)52)59-39-22-37(54-10)44(31(8)57-39)60-38-21-36(53-9)41(50)30(7)56-38;1-20-12-10-14(11-13-20)19-15-6-2-4-8-17(15)21-18-9-5-3-7-16(18)19;5-3(6)1-2-4(7)8/h12-15,17-19,25-26,28,30-31,33-45,49-50,52H,11,16,20-24H2,1-10H3;2-9H,10-13H2,1H3;1-2H,(H,5,6)(H,7,8). The molecule has 20 heteroatoms. The Morgan fingerprint density at radius 3 is 2.08 bits per heavy atom. The van der Waals surface area contributed by atoms with Gasteiger partial charge in [-0.3, -0.25) is 4.79 Å². The smallest absolute Gasteiger partial charge is 0.328 e. The molecule has 20 unspecified atom stereocenters. The molecule has 498 valence electrons. The van der Waals surface area contributed by atoms with Crippen LogP contribution in [0.2, 0.25) is 0 Å². The molecule has 19 nitrogen and oxygen atoms in total. The molecule has 0 saturated carbocycles. The number of carboxylic acids is 2. The third-order valence-corrected chi connectivity index (χ3v) is 20.5. The zero-order valence-corrected chi connectivity index (χ0v) is 55.2. The summed E-state index contributed by atoms with van der Waals surface area (Å²) in [5, 5.41) is 49.9. The number of carbonyl (C=O) groups excluding carboxylic acids is 1. The van der Waals surface area contributed by atoms with E-state index < -0.39 is 103 Å². The van der Waals surface area contributed by atoms with Crippen LogP contribution in [0.1, 0.15) is 118 Å². The predicted molar refractivity (Wildman–Crippen MR) is 341 cm³/mol. The highest BCUT2D eigenvalue weighted by Gasteiger charge is 2.60. The number of rotatable bonds is 10. The second-order valence-electron chi connectivity index (χ2n) is 25.8. The first-order valence-electron chi connectivity index (χ1n) is 32.2. The minimum atomic E-state index is -1.84. The number of hydrogen-bond donors (Lipinski definition) is 5. The monoisotopic (exact) mass is 1280 g/mol. The number of ether oxygens (including phenoxy) is 10. The molecule has 0 radical (unpaired) electrons. The maximum absolute atomic E-state index is 14.3. The lowest BCUT2D eigenvalue weighted by Crippen LogP contribution is -2.58. The molecule has 5 saturated heterocycles. The van der Waals surface area contributed by atoms with Gasteiger partial charge in [-0.15, -0.1) is 0 Å². The molecule has 8 aliphatic heterocycles. The number of piperidine rings is 1. The van der Waals surface area contributed by atoms with Gasteiger partial charge in [-0.25, -0.2) is 9.59 Å². The molecule has 2 aromatic carbocycles. The van der Waals surface area contributed by atoms with Crippen molar-refractivity contribution in [2.75, 3.05) is 41.0 Å². The quantitative estimate of drug-likeness (QED) is 0.0720. The van der Waals surface area contributed by atoms with Gasteiger partial charge in [0.05, 0.1) is 49.3 Å². The third-order valence-electron chi connectivity index (χ3n) is 19.3. The number of aliphatic hydroxyl groups excluding tert-OH is 2. The summed E-state index contributed by atoms with van der Waals surface area (Å²) < 4.78 is 63.7. The van der Waals surface area contributed by atoms with E-state index in [9.17, 15) is 29.7 Å². The zero-order valence-electron chi connectivity index (χ0n) is 54.4. The highest BCUT2D eigenvalue weighted by molar-refractivity contribution is 7.99. The Morgan fingerprint density at radius 2 is 1.44 bits per heavy atom. The number of likely N-dealkylation sites (tertiary alicyclic amines) is 1. The van der Waals surface area contributed by atoms with Gasteiger partial charge in [0.25, 0.3) is 0 Å². The van der Waals surface area contributed by atoms with Crippen LogP contribution in [0.15, 0.2) is 135 Å². The molecule has 0 amide bonds. The van der Waals surface area contributed by atoms with Crippen molar-refractivity contribution in [1.29, 1.82) is 0 Å². The van der Waals surface area contributed by atoms with Crippen LogP contribution in [0.25, 0.3) is 5.57 Å². The van der Waals surface area contributed by atoms with Gasteiger partial charge < -0.3 is 77.8 Å². The lowest BCUT2D eigenvalue weighted by Gasteiger charge is -2.48. The second kappa shape index (κ2) is 30.9. The number of nitrogens with zero attached hydrogens (tertiary/aromatic N) is 1. The average Bonchev–Trinajstić information content (AvgIpc) is 1.65. The molecule has 1 spiro atoms. The molecule has 20 atom stereocenters. The Hall–Kier alpha value is -5.14. The number of allylic oxidation sites excluding steroid dienone is 2. The number of aliphatic carboxylic acids is 2. The molecular weight excluding hydrogens is 1190 g/mol. The van der Waals surface area contributed by atoms with E-state index in [1.54, 1.807) is 45.8 Å². The lowest BCUT2D eigenvalue weighted by molar-refractivity contribution is -0.318. The number of fused-ring (bicyclic) bond motifs is 4. The van der Waals surface area contributed by atoms with Crippen LogP contribution in [0.5, 0.6) is 0 Å². The Morgan fingerprint density at radius 1 is 0.813 bits per heavy atom. The average molecular weight is 1280 g/mol. The van der Waals surface area contributed by atoms with Crippen molar-refractivity contribution in [3.63, 3.8) is 0 Å². The van der Waals surface area contributed by atoms with E-state index in [0.29, 0.717) is 55.4 Å². The number of hydrogen-bond acceptors (Lipinski definition) is 18. The van der Waals surface area contributed by atoms with Crippen LogP contribution < -0.4 is 0 Å². The number of methoxy groups -OCH3 is 2. The molecule has 8 heterocycles. The van der Waals surface area contributed by atoms with Gasteiger partial charge in [0, 0.05) is 86.8 Å². The zero-order chi connectivity index (χ0) is 65.5. The predicted octanol–water partition coefficient (Wildman–Crippen LogP) is 9.77. The van der Waals surface area contributed by atoms with Crippen molar-refractivity contribution in [2.45, 2.75) is 214 Å². The summed E-state index contributed by atoms with van der Waals surface area (Å²) >= 11 is 1.91. The van der Waals surface area contributed by atoms with Gasteiger partial charge in [-0.05, 0) is 112 Å². The minimum absolute atomic E-state index is 0.0317. The highest BCUT2D eigenvalue weighted by atomic mass is 32.2. The molecule has 11 rings (SSSR count). The number of benzene rings is 2. The van der Waals surface area contributed by atoms with Gasteiger partial charge in [-0.2, -0.15) is 0 Å². The Kier molecular flexibility index (Phi) is 23.9. The summed E-state index contributed by atoms with van der Waals surface area (Å²) in [6.07, 6.45) is 12.0. The topological polar surface area (TPSA) is 248 Å². The molecule has 5 N–H and O–H groups in total. The summed E-state index contributed by atoms with van der Waals surface area (Å²) in [7, 11) is 5.44. The highest BCUT2D eigenvalue weighted by Crippen LogP contribution is 2.49. The summed E-state index contributed by atoms with van der Waals surface area (Å²) in [6.45, 7) is 18.4. The van der Waals surface area contributed by atoms with E-state index in [4.69, 9.17) is 57.6 Å². The summed E-state index contributed by atoms with van der Waals surface area (Å²) in [5.74, 6) is -5.08. The summed E-state index contributed by atoms with van der Waals surface area (Å²) in [4.78, 5) is 38.7. The first-order valence-corrected chi connectivity index (χ1v) is 33.0. The maximum Gasteiger partial charge on any atom is 0.328 e. The summed E-state index contributed by atoms with van der Waals surface area (Å²) in [5.41, 5.74) is 6.14. The third kappa shape index (κ3) is 16.3. The van der Waals surface area contributed by atoms with Crippen molar-refractivity contribution in [1.82, 2.24) is 4.90 Å². The Balaban J connectivity index is 0.000000274. The number of carboxylic acid groups (broad SMARTS) is 2. The van der Waals surface area contributed by atoms with E-state index >= 15 is 0 Å². The van der Waals surface area contributed by atoms with E-state index in [1.165, 1.54) is 52.4 Å². The van der Waals surface area contributed by atoms with Crippen molar-refractivity contribution in [2.24, 2.45) is 23.7 Å². The molecule has 0 aromatic heterocycles. The molecule has 1 aliphatic carbocycles. The van der Waals surface area contributed by atoms with Gasteiger partial charge in [-0.1, -0.05) is 124 Å². The van der Waals surface area contributed by atoms with E-state index in [2.05, 4.69) is 100 Å². The first kappa shape index (κ1) is 70.2. The fourth-order valence-corrected chi connectivity index (χ4v) is 15.1. The van der Waals surface area contributed by atoms with Crippen molar-refractivity contribution in [3.05, 3.63) is 137 Å². The fourth-order valence-electron chi connectivity index (χ4n) is 14.0. The molecule has 9 aliphatic rings. The van der Waals surface area contributed by atoms with Gasteiger partial charge >= 0.3 is 17.9 Å². The molecule has 2 bridgehead atoms. The first-order chi connectivity index (χ1) is 43.4. The van der Waals surface area contributed by atoms with Crippen molar-refractivity contribution < 1.29 is 87.3 Å². The van der Waals surface area contributed by atoms with Crippen LogP contribution in [0.3, 0.4) is 0 Å². The van der Waals surface area contributed by atoms with Crippen LogP contribution in [0, 0.1) is 23.7 Å². The van der Waals surface area contributed by atoms with Gasteiger partial charge in [0.1, 0.15) is 42.0 Å². The number of esters is 1. The largest absolute Gasteiger partial charge is 0.478 e. The molecule has 5 fully saturated rings. The van der Waals surface area contributed by atoms with Gasteiger partial charge in [0.15, 0.2) is 18.4 Å². The number of aliphatic hydroxyl groups is 3. The van der Waals surface area contributed by atoms with Crippen LogP contribution >= 0.6 is 11.8 Å².